The first-order chi connectivity index (χ1) is 9.02. The Balaban J connectivity index is 2.88. The van der Waals surface area contributed by atoms with E-state index in [2.05, 4.69) is 12.2 Å². The summed E-state index contributed by atoms with van der Waals surface area (Å²) in [6.45, 7) is 4.54. The third kappa shape index (κ3) is 5.20. The van der Waals surface area contributed by atoms with Crippen molar-refractivity contribution in [3.8, 4) is 5.75 Å². The number of methoxy groups -OCH3 is 1. The molecule has 0 saturated heterocycles. The van der Waals surface area contributed by atoms with Crippen LogP contribution in [0.25, 0.3) is 0 Å². The van der Waals surface area contributed by atoms with Crippen LogP contribution in [0.1, 0.15) is 31.9 Å². The predicted molar refractivity (Wildman–Crippen MR) is 78.4 cm³/mol. The van der Waals surface area contributed by atoms with Gasteiger partial charge in [-0.25, -0.2) is 8.42 Å². The number of ether oxygens (including phenoxy) is 1. The number of benzene rings is 1. The summed E-state index contributed by atoms with van der Waals surface area (Å²) in [6.07, 6.45) is 0.971. The molecule has 0 spiro atoms. The molecule has 1 N–H and O–H groups in total. The topological polar surface area (TPSA) is 55.4 Å². The molecule has 0 aliphatic carbocycles. The molecular weight excluding hydrogens is 262 g/mol. The van der Waals surface area contributed by atoms with Gasteiger partial charge in [-0.2, -0.15) is 0 Å². The molecule has 0 heterocycles. The van der Waals surface area contributed by atoms with Gasteiger partial charge in [0.1, 0.15) is 5.75 Å². The van der Waals surface area contributed by atoms with Crippen LogP contribution in [0.15, 0.2) is 24.3 Å². The fraction of sp³-hybridized carbons (Fsp3) is 0.571. The molecule has 19 heavy (non-hydrogen) atoms. The summed E-state index contributed by atoms with van der Waals surface area (Å²) >= 11 is 0. The Morgan fingerprint density at radius 1 is 1.21 bits per heavy atom. The second-order valence-corrected chi connectivity index (χ2v) is 6.88. The second-order valence-electron chi connectivity index (χ2n) is 4.48. The van der Waals surface area contributed by atoms with E-state index >= 15 is 0 Å². The van der Waals surface area contributed by atoms with E-state index in [-0.39, 0.29) is 17.5 Å². The van der Waals surface area contributed by atoms with Crippen LogP contribution in [0.2, 0.25) is 0 Å². The fourth-order valence-corrected chi connectivity index (χ4v) is 2.85. The molecule has 108 valence electrons. The monoisotopic (exact) mass is 285 g/mol. The van der Waals surface area contributed by atoms with Gasteiger partial charge in [0.05, 0.1) is 12.9 Å². The number of sulfone groups is 1. The smallest absolute Gasteiger partial charge is 0.151 e. The van der Waals surface area contributed by atoms with E-state index in [1.54, 1.807) is 14.0 Å². The lowest BCUT2D eigenvalue weighted by Crippen LogP contribution is -2.29. The van der Waals surface area contributed by atoms with E-state index in [0.717, 1.165) is 24.3 Å². The minimum Gasteiger partial charge on any atom is -0.497 e. The Labute approximate surface area is 116 Å². The first kappa shape index (κ1) is 16.0. The summed E-state index contributed by atoms with van der Waals surface area (Å²) in [5, 5.41) is 3.29. The molecule has 1 atom stereocenters. The van der Waals surface area contributed by atoms with Crippen LogP contribution < -0.4 is 10.1 Å². The molecular formula is C14H23NO3S. The SMILES string of the molecule is CCCNC(CS(=O)(=O)CC)c1ccc(OC)cc1. The molecule has 0 bridgehead atoms. The molecule has 0 saturated carbocycles. The summed E-state index contributed by atoms with van der Waals surface area (Å²) in [5.74, 6) is 1.08. The Morgan fingerprint density at radius 2 is 1.84 bits per heavy atom. The molecule has 1 unspecified atom stereocenters. The molecule has 1 aromatic rings. The van der Waals surface area contributed by atoms with Crippen LogP contribution >= 0.6 is 0 Å². The van der Waals surface area contributed by atoms with Crippen molar-refractivity contribution in [1.29, 1.82) is 0 Å². The molecule has 0 aliphatic rings. The predicted octanol–water partition coefficient (Wildman–Crippen LogP) is 2.17. The van der Waals surface area contributed by atoms with E-state index in [1.165, 1.54) is 0 Å². The average molecular weight is 285 g/mol. The lowest BCUT2D eigenvalue weighted by Gasteiger charge is -2.19. The summed E-state index contributed by atoms with van der Waals surface area (Å²) in [7, 11) is -1.39. The van der Waals surface area contributed by atoms with E-state index in [4.69, 9.17) is 4.74 Å². The summed E-state index contributed by atoms with van der Waals surface area (Å²) in [5.41, 5.74) is 0.978. The van der Waals surface area contributed by atoms with Crippen molar-refractivity contribution in [3.63, 3.8) is 0 Å². The van der Waals surface area contributed by atoms with Gasteiger partial charge in [0.25, 0.3) is 0 Å². The van der Waals surface area contributed by atoms with Gasteiger partial charge in [0, 0.05) is 11.8 Å². The zero-order valence-corrected chi connectivity index (χ0v) is 12.7. The first-order valence-corrected chi connectivity index (χ1v) is 8.42. The van der Waals surface area contributed by atoms with E-state index in [9.17, 15) is 8.42 Å². The number of rotatable bonds is 8. The third-order valence-electron chi connectivity index (χ3n) is 3.02. The lowest BCUT2D eigenvalue weighted by molar-refractivity contribution is 0.414. The van der Waals surface area contributed by atoms with Crippen LogP contribution in [0.5, 0.6) is 5.75 Å². The van der Waals surface area contributed by atoms with Gasteiger partial charge in [-0.15, -0.1) is 0 Å². The first-order valence-electron chi connectivity index (χ1n) is 6.60. The van der Waals surface area contributed by atoms with Crippen molar-refractivity contribution in [2.45, 2.75) is 26.3 Å². The maximum Gasteiger partial charge on any atom is 0.151 e. The molecule has 0 fully saturated rings. The Morgan fingerprint density at radius 3 is 2.32 bits per heavy atom. The van der Waals surface area contributed by atoms with Gasteiger partial charge >= 0.3 is 0 Å². The highest BCUT2D eigenvalue weighted by Crippen LogP contribution is 2.19. The molecule has 0 radical (unpaired) electrons. The summed E-state index contributed by atoms with van der Waals surface area (Å²) < 4.78 is 28.7. The molecule has 5 heteroatoms. The number of hydrogen-bond acceptors (Lipinski definition) is 4. The zero-order chi connectivity index (χ0) is 14.3. The van der Waals surface area contributed by atoms with Crippen molar-refractivity contribution in [2.75, 3.05) is 25.2 Å². The Hall–Kier alpha value is -1.07. The van der Waals surface area contributed by atoms with Crippen molar-refractivity contribution in [2.24, 2.45) is 0 Å². The van der Waals surface area contributed by atoms with Gasteiger partial charge in [0.2, 0.25) is 0 Å². The minimum atomic E-state index is -3.01. The molecule has 0 aromatic heterocycles. The second kappa shape index (κ2) is 7.50. The summed E-state index contributed by atoms with van der Waals surface area (Å²) in [4.78, 5) is 0. The van der Waals surface area contributed by atoms with Gasteiger partial charge < -0.3 is 10.1 Å². The normalized spacial score (nSPS) is 13.2. The van der Waals surface area contributed by atoms with Crippen LogP contribution in [-0.4, -0.2) is 33.6 Å². The third-order valence-corrected chi connectivity index (χ3v) is 4.74. The van der Waals surface area contributed by atoms with Crippen molar-refractivity contribution in [1.82, 2.24) is 5.32 Å². The lowest BCUT2D eigenvalue weighted by atomic mass is 10.1. The average Bonchev–Trinajstić information content (AvgIpc) is 2.43. The van der Waals surface area contributed by atoms with E-state index < -0.39 is 9.84 Å². The van der Waals surface area contributed by atoms with Crippen molar-refractivity contribution >= 4 is 9.84 Å². The van der Waals surface area contributed by atoms with Gasteiger partial charge in [0.15, 0.2) is 9.84 Å². The molecule has 0 aliphatic heterocycles. The number of nitrogens with one attached hydrogen (secondary N) is 1. The Bertz CT molecular complexity index is 468. The maximum atomic E-state index is 11.8. The number of hydrogen-bond donors (Lipinski definition) is 1. The summed E-state index contributed by atoms with van der Waals surface area (Å²) in [6, 6.07) is 7.38. The van der Waals surface area contributed by atoms with Gasteiger partial charge in [-0.1, -0.05) is 26.0 Å². The van der Waals surface area contributed by atoms with Crippen molar-refractivity contribution < 1.29 is 13.2 Å². The van der Waals surface area contributed by atoms with Crippen LogP contribution in [0, 0.1) is 0 Å². The highest BCUT2D eigenvalue weighted by molar-refractivity contribution is 7.91. The fourth-order valence-electron chi connectivity index (χ4n) is 1.80. The maximum absolute atomic E-state index is 11.8. The van der Waals surface area contributed by atoms with Crippen molar-refractivity contribution in [3.05, 3.63) is 29.8 Å². The van der Waals surface area contributed by atoms with Crippen LogP contribution in [-0.2, 0) is 9.84 Å². The highest BCUT2D eigenvalue weighted by atomic mass is 32.2. The van der Waals surface area contributed by atoms with Gasteiger partial charge in [-0.3, -0.25) is 0 Å². The highest BCUT2D eigenvalue weighted by Gasteiger charge is 2.18. The zero-order valence-electron chi connectivity index (χ0n) is 11.8. The largest absolute Gasteiger partial charge is 0.497 e. The molecule has 1 aromatic carbocycles. The van der Waals surface area contributed by atoms with Crippen LogP contribution in [0.3, 0.4) is 0 Å². The standard InChI is InChI=1S/C14H23NO3S/c1-4-10-15-14(11-19(16,17)5-2)12-6-8-13(18-3)9-7-12/h6-9,14-15H,4-5,10-11H2,1-3H3. The van der Waals surface area contributed by atoms with E-state index in [1.807, 2.05) is 24.3 Å². The Kier molecular flexibility index (Phi) is 6.31. The van der Waals surface area contributed by atoms with E-state index in [0.29, 0.717) is 0 Å². The minimum absolute atomic E-state index is 0.135. The molecule has 0 amide bonds. The quantitative estimate of drug-likeness (QED) is 0.795. The molecule has 4 nitrogen and oxygen atoms in total. The van der Waals surface area contributed by atoms with Crippen LogP contribution in [0.4, 0.5) is 0 Å². The van der Waals surface area contributed by atoms with Gasteiger partial charge in [-0.05, 0) is 30.7 Å². The molecule has 1 rings (SSSR count).